The lowest BCUT2D eigenvalue weighted by atomic mass is 9.67. The summed E-state index contributed by atoms with van der Waals surface area (Å²) < 4.78 is 5.48. The van der Waals surface area contributed by atoms with Gasteiger partial charge in [0.1, 0.15) is 5.75 Å². The molecule has 1 aliphatic rings. The van der Waals surface area contributed by atoms with Crippen molar-refractivity contribution < 1.29 is 14.6 Å². The quantitative estimate of drug-likeness (QED) is 0.502. The van der Waals surface area contributed by atoms with Gasteiger partial charge < -0.3 is 9.84 Å². The van der Waals surface area contributed by atoms with Gasteiger partial charge in [0, 0.05) is 0 Å². The number of hydrogen-bond donors (Lipinski definition) is 1. The van der Waals surface area contributed by atoms with Crippen molar-refractivity contribution in [3.8, 4) is 16.9 Å². The fourth-order valence-corrected chi connectivity index (χ4v) is 4.26. The Labute approximate surface area is 177 Å². The molecule has 1 unspecified atom stereocenters. The molecule has 4 rings (SSSR count). The van der Waals surface area contributed by atoms with Crippen molar-refractivity contribution >= 4 is 18.1 Å². The van der Waals surface area contributed by atoms with E-state index < -0.39 is 5.97 Å². The molecule has 0 bridgehead atoms. The maximum atomic E-state index is 11.0. The highest BCUT2D eigenvalue weighted by atomic mass is 16.5. The molecule has 0 amide bonds. The molecule has 0 fully saturated rings. The topological polar surface area (TPSA) is 46.5 Å². The second-order valence-electron chi connectivity index (χ2n) is 8.18. The number of methoxy groups -OCH3 is 1. The lowest BCUT2D eigenvalue weighted by Crippen LogP contribution is -2.28. The number of carboxylic acids is 1. The first-order valence-electron chi connectivity index (χ1n) is 10.3. The van der Waals surface area contributed by atoms with Crippen LogP contribution >= 0.6 is 0 Å². The highest BCUT2D eigenvalue weighted by molar-refractivity contribution is 5.88. The van der Waals surface area contributed by atoms with E-state index in [0.29, 0.717) is 5.56 Å². The molecule has 3 aromatic rings. The molecule has 1 aliphatic carbocycles. The zero-order chi connectivity index (χ0) is 21.3. The summed E-state index contributed by atoms with van der Waals surface area (Å²) in [6.45, 7) is 4.60. The molecular weight excluding hydrogens is 372 g/mol. The van der Waals surface area contributed by atoms with Crippen LogP contribution < -0.4 is 4.74 Å². The average Bonchev–Trinajstić information content (AvgIpc) is 2.77. The summed E-state index contributed by atoms with van der Waals surface area (Å²) >= 11 is 0. The zero-order valence-corrected chi connectivity index (χ0v) is 17.6. The Morgan fingerprint density at radius 3 is 2.37 bits per heavy atom. The Bertz CT molecular complexity index is 1130. The summed E-state index contributed by atoms with van der Waals surface area (Å²) in [4.78, 5) is 11.0. The Morgan fingerprint density at radius 1 is 1.00 bits per heavy atom. The Morgan fingerprint density at radius 2 is 1.70 bits per heavy atom. The van der Waals surface area contributed by atoms with Crippen LogP contribution in [0.1, 0.15) is 52.9 Å². The highest BCUT2D eigenvalue weighted by Crippen LogP contribution is 2.46. The molecule has 30 heavy (non-hydrogen) atoms. The van der Waals surface area contributed by atoms with Gasteiger partial charge in [0.05, 0.1) is 12.7 Å². The smallest absolute Gasteiger partial charge is 0.335 e. The van der Waals surface area contributed by atoms with Crippen LogP contribution in [0.5, 0.6) is 5.75 Å². The maximum absolute atomic E-state index is 11.0. The molecule has 3 aromatic carbocycles. The largest absolute Gasteiger partial charge is 0.497 e. The average molecular weight is 399 g/mol. The lowest BCUT2D eigenvalue weighted by molar-refractivity contribution is 0.0697. The van der Waals surface area contributed by atoms with Crippen molar-refractivity contribution in [3.05, 3.63) is 88.5 Å². The maximum Gasteiger partial charge on any atom is 0.335 e. The molecular formula is C27H26O3. The number of benzene rings is 3. The number of carbonyl (C=O) groups is 1. The van der Waals surface area contributed by atoms with Gasteiger partial charge in [0.15, 0.2) is 0 Å². The van der Waals surface area contributed by atoms with Crippen LogP contribution in [0.15, 0.2) is 60.7 Å². The van der Waals surface area contributed by atoms with Crippen molar-refractivity contribution in [2.75, 3.05) is 7.11 Å². The van der Waals surface area contributed by atoms with Crippen molar-refractivity contribution in [2.45, 2.75) is 32.1 Å². The van der Waals surface area contributed by atoms with Gasteiger partial charge in [0.25, 0.3) is 0 Å². The van der Waals surface area contributed by atoms with Gasteiger partial charge >= 0.3 is 5.97 Å². The van der Waals surface area contributed by atoms with E-state index in [9.17, 15) is 4.79 Å². The predicted molar refractivity (Wildman–Crippen MR) is 122 cm³/mol. The molecule has 1 N–H and O–H groups in total. The highest BCUT2D eigenvalue weighted by Gasteiger charge is 2.33. The molecule has 0 aromatic heterocycles. The van der Waals surface area contributed by atoms with Gasteiger partial charge in [-0.2, -0.15) is 0 Å². The number of hydrogen-bond acceptors (Lipinski definition) is 2. The lowest BCUT2D eigenvalue weighted by Gasteiger charge is -2.37. The number of carboxylic acid groups (broad SMARTS) is 1. The van der Waals surface area contributed by atoms with Crippen molar-refractivity contribution in [2.24, 2.45) is 0 Å². The fraction of sp³-hybridized carbons (Fsp3) is 0.222. The molecule has 3 nitrogen and oxygen atoms in total. The van der Waals surface area contributed by atoms with Crippen LogP contribution in [-0.4, -0.2) is 18.2 Å². The van der Waals surface area contributed by atoms with Crippen LogP contribution in [0.3, 0.4) is 0 Å². The van der Waals surface area contributed by atoms with E-state index in [1.54, 1.807) is 19.2 Å². The van der Waals surface area contributed by atoms with Crippen molar-refractivity contribution in [1.29, 1.82) is 0 Å². The van der Waals surface area contributed by atoms with E-state index in [1.165, 1.54) is 22.3 Å². The van der Waals surface area contributed by atoms with Crippen LogP contribution in [0.4, 0.5) is 0 Å². The van der Waals surface area contributed by atoms with E-state index >= 15 is 0 Å². The van der Waals surface area contributed by atoms with E-state index in [0.717, 1.165) is 29.7 Å². The number of ether oxygens (including phenoxy) is 1. The van der Waals surface area contributed by atoms with Crippen LogP contribution in [-0.2, 0) is 11.8 Å². The van der Waals surface area contributed by atoms with E-state index in [4.69, 9.17) is 9.84 Å². The van der Waals surface area contributed by atoms with Crippen molar-refractivity contribution in [3.63, 3.8) is 0 Å². The van der Waals surface area contributed by atoms with Gasteiger partial charge in [-0.15, -0.1) is 0 Å². The first-order valence-corrected chi connectivity index (χ1v) is 10.3. The van der Waals surface area contributed by atoms with E-state index in [2.05, 4.69) is 50.3 Å². The van der Waals surface area contributed by atoms with E-state index in [-0.39, 0.29) is 5.41 Å². The SMILES string of the molecule is CCC1(C)Cc2ccc(OC)cc2-c2cc(/C=C/c3ccc(C(=O)O)cc3)ccc21. The predicted octanol–water partition coefficient (Wildman–Crippen LogP) is 6.45. The molecule has 3 heteroatoms. The normalized spacial score (nSPS) is 17.4. The Kier molecular flexibility index (Phi) is 5.21. The fourth-order valence-electron chi connectivity index (χ4n) is 4.26. The van der Waals surface area contributed by atoms with Crippen molar-refractivity contribution in [1.82, 2.24) is 0 Å². The second kappa shape index (κ2) is 7.83. The first-order chi connectivity index (χ1) is 14.4. The summed E-state index contributed by atoms with van der Waals surface area (Å²) in [6.07, 6.45) is 6.20. The van der Waals surface area contributed by atoms with E-state index in [1.807, 2.05) is 24.3 Å². The van der Waals surface area contributed by atoms with Crippen LogP contribution in [0.2, 0.25) is 0 Å². The second-order valence-corrected chi connectivity index (χ2v) is 8.18. The molecule has 0 radical (unpaired) electrons. The molecule has 0 aliphatic heterocycles. The summed E-state index contributed by atoms with van der Waals surface area (Å²) in [5.74, 6) is -0.0347. The first kappa shape index (κ1) is 20.0. The number of rotatable bonds is 5. The summed E-state index contributed by atoms with van der Waals surface area (Å²) in [6, 6.07) is 20.0. The third-order valence-electron chi connectivity index (χ3n) is 6.29. The third kappa shape index (κ3) is 3.63. The third-order valence-corrected chi connectivity index (χ3v) is 6.29. The van der Waals surface area contributed by atoms with Gasteiger partial charge in [-0.1, -0.05) is 56.3 Å². The Balaban J connectivity index is 1.74. The van der Waals surface area contributed by atoms with Gasteiger partial charge in [-0.3, -0.25) is 0 Å². The standard InChI is InChI=1S/C27H26O3/c1-4-27(2)17-21-12-13-22(30-3)16-23(21)24-15-19(9-14-25(24)27)6-5-18-7-10-20(11-8-18)26(28)29/h5-16H,4,17H2,1-3H3,(H,28,29)/b6-5+. The summed E-state index contributed by atoms with van der Waals surface area (Å²) in [5, 5.41) is 9.05. The summed E-state index contributed by atoms with van der Waals surface area (Å²) in [7, 11) is 1.70. The molecule has 0 saturated heterocycles. The number of aromatic carboxylic acids is 1. The van der Waals surface area contributed by atoms with Gasteiger partial charge in [0.2, 0.25) is 0 Å². The Hall–Kier alpha value is -3.33. The summed E-state index contributed by atoms with van der Waals surface area (Å²) in [5.41, 5.74) is 7.76. The van der Waals surface area contributed by atoms with Crippen LogP contribution in [0, 0.1) is 0 Å². The molecule has 0 saturated carbocycles. The van der Waals surface area contributed by atoms with Crippen LogP contribution in [0.25, 0.3) is 23.3 Å². The molecule has 1 atom stereocenters. The minimum atomic E-state index is -0.909. The minimum Gasteiger partial charge on any atom is -0.497 e. The zero-order valence-electron chi connectivity index (χ0n) is 17.6. The van der Waals surface area contributed by atoms with Gasteiger partial charge in [-0.05, 0) is 82.0 Å². The number of fused-ring (bicyclic) bond motifs is 3. The monoisotopic (exact) mass is 398 g/mol. The molecule has 0 spiro atoms. The minimum absolute atomic E-state index is 0.117. The molecule has 0 heterocycles. The molecule has 152 valence electrons. The van der Waals surface area contributed by atoms with Gasteiger partial charge in [-0.25, -0.2) is 4.79 Å².